The van der Waals surface area contributed by atoms with E-state index in [1.165, 1.54) is 34.7 Å². The highest BCUT2D eigenvalue weighted by atomic mass is 19.4. The Kier molecular flexibility index (Phi) is 5.54. The molecule has 0 amide bonds. The molecule has 0 fully saturated rings. The summed E-state index contributed by atoms with van der Waals surface area (Å²) in [7, 11) is 0. The maximum atomic E-state index is 14.0. The van der Waals surface area contributed by atoms with Crippen LogP contribution in [0.25, 0.3) is 0 Å². The van der Waals surface area contributed by atoms with Crippen LogP contribution < -0.4 is 0 Å². The van der Waals surface area contributed by atoms with Crippen molar-refractivity contribution in [1.82, 2.24) is 0 Å². The summed E-state index contributed by atoms with van der Waals surface area (Å²) in [5.41, 5.74) is 5.13. The second-order valence-electron chi connectivity index (χ2n) is 8.36. The Morgan fingerprint density at radius 3 is 2.31 bits per heavy atom. The minimum Gasteiger partial charge on any atom is -0.206 e. The van der Waals surface area contributed by atoms with Gasteiger partial charge in [-0.05, 0) is 96.7 Å². The molecule has 4 heteroatoms. The summed E-state index contributed by atoms with van der Waals surface area (Å²) in [5.74, 6) is -0.481. The average Bonchev–Trinajstić information content (AvgIpc) is 2.70. The summed E-state index contributed by atoms with van der Waals surface area (Å²) in [6.07, 6.45) is 6.92. The third-order valence-corrected chi connectivity index (χ3v) is 6.50. The Bertz CT molecular complexity index is 923. The largest absolute Gasteiger partial charge is 0.419 e. The number of hydrogen-bond acceptors (Lipinski definition) is 0. The van der Waals surface area contributed by atoms with Crippen molar-refractivity contribution >= 4 is 0 Å². The fourth-order valence-electron chi connectivity index (χ4n) is 4.99. The molecular weight excluding hydrogens is 376 g/mol. The molecular formula is C25H26F4. The molecule has 2 aromatic rings. The highest BCUT2D eigenvalue weighted by Crippen LogP contribution is 2.40. The van der Waals surface area contributed by atoms with Gasteiger partial charge >= 0.3 is 6.18 Å². The fourth-order valence-corrected chi connectivity index (χ4v) is 4.99. The highest BCUT2D eigenvalue weighted by molar-refractivity contribution is 5.46. The van der Waals surface area contributed by atoms with Crippen molar-refractivity contribution in [3.8, 4) is 0 Å². The van der Waals surface area contributed by atoms with Crippen LogP contribution in [0.2, 0.25) is 0 Å². The van der Waals surface area contributed by atoms with Gasteiger partial charge in [0.2, 0.25) is 0 Å². The van der Waals surface area contributed by atoms with Gasteiger partial charge in [0.15, 0.2) is 0 Å². The van der Waals surface area contributed by atoms with E-state index < -0.39 is 17.6 Å². The van der Waals surface area contributed by atoms with Crippen molar-refractivity contribution in [2.24, 2.45) is 5.92 Å². The minimum absolute atomic E-state index is 0.0705. The van der Waals surface area contributed by atoms with Crippen molar-refractivity contribution in [3.63, 3.8) is 0 Å². The molecule has 0 saturated heterocycles. The van der Waals surface area contributed by atoms with Crippen LogP contribution in [0.5, 0.6) is 0 Å². The number of fused-ring (bicyclic) bond motifs is 3. The van der Waals surface area contributed by atoms with E-state index >= 15 is 0 Å². The quantitative estimate of drug-likeness (QED) is 0.376. The van der Waals surface area contributed by atoms with Crippen molar-refractivity contribution < 1.29 is 17.6 Å². The first-order valence-electron chi connectivity index (χ1n) is 10.5. The zero-order valence-electron chi connectivity index (χ0n) is 16.7. The smallest absolute Gasteiger partial charge is 0.206 e. The van der Waals surface area contributed by atoms with Gasteiger partial charge in [-0.25, -0.2) is 4.39 Å². The monoisotopic (exact) mass is 402 g/mol. The average molecular weight is 402 g/mol. The molecule has 2 aromatic carbocycles. The Balaban J connectivity index is 1.55. The Morgan fingerprint density at radius 2 is 1.66 bits per heavy atom. The second-order valence-corrected chi connectivity index (χ2v) is 8.36. The van der Waals surface area contributed by atoms with E-state index in [0.29, 0.717) is 11.5 Å². The Labute approximate surface area is 169 Å². The maximum absolute atomic E-state index is 14.0. The second kappa shape index (κ2) is 7.97. The van der Waals surface area contributed by atoms with E-state index in [-0.39, 0.29) is 5.92 Å². The Morgan fingerprint density at radius 1 is 0.966 bits per heavy atom. The Hall–Kier alpha value is -2.10. The van der Waals surface area contributed by atoms with Gasteiger partial charge in [0.1, 0.15) is 5.82 Å². The van der Waals surface area contributed by atoms with Crippen LogP contribution in [0, 0.1) is 11.7 Å². The molecule has 0 saturated carbocycles. The lowest BCUT2D eigenvalue weighted by Gasteiger charge is -2.31. The van der Waals surface area contributed by atoms with Crippen LogP contribution >= 0.6 is 0 Å². The molecule has 4 rings (SSSR count). The van der Waals surface area contributed by atoms with E-state index in [2.05, 4.69) is 31.2 Å². The molecule has 0 N–H and O–H groups in total. The summed E-state index contributed by atoms with van der Waals surface area (Å²) < 4.78 is 52.5. The topological polar surface area (TPSA) is 0 Å². The van der Waals surface area contributed by atoms with E-state index in [1.807, 2.05) is 0 Å². The highest BCUT2D eigenvalue weighted by Gasteiger charge is 2.34. The predicted molar refractivity (Wildman–Crippen MR) is 108 cm³/mol. The van der Waals surface area contributed by atoms with Gasteiger partial charge in [-0.2, -0.15) is 13.2 Å². The van der Waals surface area contributed by atoms with E-state index in [1.54, 1.807) is 0 Å². The first kappa shape index (κ1) is 20.2. The van der Waals surface area contributed by atoms with Crippen molar-refractivity contribution in [3.05, 3.63) is 81.7 Å². The summed E-state index contributed by atoms with van der Waals surface area (Å²) >= 11 is 0. The number of halogens is 4. The van der Waals surface area contributed by atoms with E-state index in [4.69, 9.17) is 0 Å². The van der Waals surface area contributed by atoms with Crippen molar-refractivity contribution in [1.29, 1.82) is 0 Å². The molecule has 0 spiro atoms. The lowest BCUT2D eigenvalue weighted by Crippen LogP contribution is -2.20. The molecule has 0 heterocycles. The zero-order valence-corrected chi connectivity index (χ0v) is 16.7. The zero-order chi connectivity index (χ0) is 20.6. The number of benzene rings is 2. The van der Waals surface area contributed by atoms with Crippen LogP contribution in [-0.2, 0) is 31.9 Å². The van der Waals surface area contributed by atoms with E-state index in [0.717, 1.165) is 50.7 Å². The van der Waals surface area contributed by atoms with Crippen LogP contribution in [0.1, 0.15) is 65.5 Å². The van der Waals surface area contributed by atoms with Crippen LogP contribution in [-0.4, -0.2) is 0 Å². The molecule has 29 heavy (non-hydrogen) atoms. The molecule has 154 valence electrons. The van der Waals surface area contributed by atoms with Crippen LogP contribution in [0.4, 0.5) is 17.6 Å². The standard InChI is InChI=1S/C25H26F4/c1-2-3-4-16-5-10-21-19(13-16)6-7-20-14-17(8-11-22(20)21)18-9-12-23(24(26)15-18)25(27,28)29/h3-4,6-7,9,12,15-17H,2,5,8,10-11,13-14H2,1H3. The van der Waals surface area contributed by atoms with Gasteiger partial charge in [0.05, 0.1) is 5.56 Å². The molecule has 2 aliphatic rings. The molecule has 2 unspecified atom stereocenters. The van der Waals surface area contributed by atoms with Crippen molar-refractivity contribution in [2.45, 2.75) is 64.0 Å². The number of rotatable bonds is 3. The first-order chi connectivity index (χ1) is 13.9. The van der Waals surface area contributed by atoms with Gasteiger partial charge in [0.25, 0.3) is 0 Å². The lowest BCUT2D eigenvalue weighted by molar-refractivity contribution is -0.140. The molecule has 0 bridgehead atoms. The first-order valence-corrected chi connectivity index (χ1v) is 10.5. The minimum atomic E-state index is -4.65. The van der Waals surface area contributed by atoms with Crippen molar-refractivity contribution in [2.75, 3.05) is 0 Å². The summed E-state index contributed by atoms with van der Waals surface area (Å²) in [4.78, 5) is 0. The summed E-state index contributed by atoms with van der Waals surface area (Å²) in [5, 5.41) is 0. The molecule has 0 aromatic heterocycles. The third-order valence-electron chi connectivity index (χ3n) is 6.50. The normalized spacial score (nSPS) is 21.8. The number of hydrogen-bond donors (Lipinski definition) is 0. The van der Waals surface area contributed by atoms with Gasteiger partial charge < -0.3 is 0 Å². The van der Waals surface area contributed by atoms with Gasteiger partial charge in [-0.1, -0.05) is 37.3 Å². The summed E-state index contributed by atoms with van der Waals surface area (Å²) in [6, 6.07) is 7.84. The van der Waals surface area contributed by atoms with Crippen LogP contribution in [0.3, 0.4) is 0 Å². The predicted octanol–water partition coefficient (Wildman–Crippen LogP) is 7.19. The number of allylic oxidation sites excluding steroid dienone is 2. The molecule has 0 aliphatic heterocycles. The maximum Gasteiger partial charge on any atom is 0.419 e. The molecule has 2 atom stereocenters. The van der Waals surface area contributed by atoms with Gasteiger partial charge in [-0.15, -0.1) is 0 Å². The van der Waals surface area contributed by atoms with Gasteiger partial charge in [0, 0.05) is 0 Å². The van der Waals surface area contributed by atoms with Gasteiger partial charge in [-0.3, -0.25) is 0 Å². The third kappa shape index (κ3) is 4.12. The molecule has 0 radical (unpaired) electrons. The molecule has 2 aliphatic carbocycles. The number of alkyl halides is 3. The van der Waals surface area contributed by atoms with Crippen LogP contribution in [0.15, 0.2) is 42.5 Å². The fraction of sp³-hybridized carbons (Fsp3) is 0.440. The summed E-state index contributed by atoms with van der Waals surface area (Å²) in [6.45, 7) is 2.16. The SMILES string of the molecule is CCC=CC1CCc2c(ccc3c2CCC(c2ccc(C(F)(F)F)c(F)c2)C3)C1. The lowest BCUT2D eigenvalue weighted by atomic mass is 9.73. The van der Waals surface area contributed by atoms with E-state index in [9.17, 15) is 17.6 Å². The molecule has 0 nitrogen and oxygen atoms in total.